The molecular formula is C16H19N3O4. The summed E-state index contributed by atoms with van der Waals surface area (Å²) >= 11 is 0. The van der Waals surface area contributed by atoms with Crippen molar-refractivity contribution in [2.45, 2.75) is 20.3 Å². The van der Waals surface area contributed by atoms with Crippen molar-refractivity contribution in [2.75, 3.05) is 18.4 Å². The number of hydrogen-bond donors (Lipinski definition) is 2. The largest absolute Gasteiger partial charge is 0.459 e. The molecule has 2 aromatic rings. The average molecular weight is 317 g/mol. The van der Waals surface area contributed by atoms with Gasteiger partial charge in [-0.05, 0) is 38.0 Å². The van der Waals surface area contributed by atoms with Crippen LogP contribution in [0.4, 0.5) is 11.4 Å². The van der Waals surface area contributed by atoms with Crippen molar-refractivity contribution >= 4 is 17.3 Å². The predicted octanol–water partition coefficient (Wildman–Crippen LogP) is 3.04. The molecule has 1 aromatic carbocycles. The quantitative estimate of drug-likeness (QED) is 0.465. The number of amides is 1. The summed E-state index contributed by atoms with van der Waals surface area (Å²) in [6.07, 6.45) is 2.11. The van der Waals surface area contributed by atoms with E-state index in [-0.39, 0.29) is 11.6 Å². The van der Waals surface area contributed by atoms with E-state index in [2.05, 4.69) is 10.6 Å². The van der Waals surface area contributed by atoms with E-state index in [1.807, 2.05) is 13.0 Å². The van der Waals surface area contributed by atoms with Crippen LogP contribution in [0.1, 0.15) is 28.1 Å². The van der Waals surface area contributed by atoms with Gasteiger partial charge in [0.25, 0.3) is 11.6 Å². The second-order valence-electron chi connectivity index (χ2n) is 5.25. The van der Waals surface area contributed by atoms with Crippen molar-refractivity contribution in [1.29, 1.82) is 0 Å². The van der Waals surface area contributed by atoms with E-state index in [0.29, 0.717) is 31.0 Å². The number of nitrogens with zero attached hydrogens (tertiary/aromatic N) is 1. The summed E-state index contributed by atoms with van der Waals surface area (Å²) in [5.74, 6) is 0.0564. The minimum atomic E-state index is -0.406. The molecule has 1 amide bonds. The summed E-state index contributed by atoms with van der Waals surface area (Å²) < 4.78 is 5.10. The molecule has 0 saturated heterocycles. The number of carbonyl (C=O) groups is 1. The minimum Gasteiger partial charge on any atom is -0.459 e. The highest BCUT2D eigenvalue weighted by molar-refractivity contribution is 5.92. The Kier molecular flexibility index (Phi) is 5.35. The van der Waals surface area contributed by atoms with Crippen molar-refractivity contribution in [1.82, 2.24) is 5.32 Å². The van der Waals surface area contributed by atoms with Crippen molar-refractivity contribution in [3.8, 4) is 0 Å². The maximum atomic E-state index is 11.8. The number of hydrogen-bond acceptors (Lipinski definition) is 5. The Balaban J connectivity index is 1.79. The van der Waals surface area contributed by atoms with E-state index in [1.54, 1.807) is 19.1 Å². The minimum absolute atomic E-state index is 0.0558. The number of nitro benzene ring substituents is 1. The van der Waals surface area contributed by atoms with E-state index in [9.17, 15) is 14.9 Å². The Morgan fingerprint density at radius 1 is 1.26 bits per heavy atom. The zero-order chi connectivity index (χ0) is 16.8. The summed E-state index contributed by atoms with van der Waals surface area (Å²) in [5.41, 5.74) is 2.16. The van der Waals surface area contributed by atoms with Gasteiger partial charge in [0.05, 0.1) is 11.2 Å². The number of anilines is 1. The molecule has 2 rings (SSSR count). The third-order valence-electron chi connectivity index (χ3n) is 3.37. The second kappa shape index (κ2) is 7.44. The van der Waals surface area contributed by atoms with Crippen molar-refractivity contribution < 1.29 is 14.1 Å². The van der Waals surface area contributed by atoms with Crippen LogP contribution in [0.2, 0.25) is 0 Å². The van der Waals surface area contributed by atoms with Gasteiger partial charge >= 0.3 is 0 Å². The number of rotatable bonds is 7. The summed E-state index contributed by atoms with van der Waals surface area (Å²) in [5, 5.41) is 16.8. The Morgan fingerprint density at radius 3 is 2.70 bits per heavy atom. The predicted molar refractivity (Wildman–Crippen MR) is 86.7 cm³/mol. The first-order valence-corrected chi connectivity index (χ1v) is 7.30. The van der Waals surface area contributed by atoms with Crippen molar-refractivity contribution in [3.63, 3.8) is 0 Å². The lowest BCUT2D eigenvalue weighted by atomic mass is 10.2. The lowest BCUT2D eigenvalue weighted by molar-refractivity contribution is -0.384. The normalized spacial score (nSPS) is 10.3. The van der Waals surface area contributed by atoms with Gasteiger partial charge in [-0.25, -0.2) is 0 Å². The van der Waals surface area contributed by atoms with Gasteiger partial charge in [0.15, 0.2) is 5.76 Å². The van der Waals surface area contributed by atoms with Gasteiger partial charge in [-0.1, -0.05) is 6.07 Å². The third-order valence-corrected chi connectivity index (χ3v) is 3.37. The zero-order valence-electron chi connectivity index (χ0n) is 13.1. The third kappa shape index (κ3) is 4.32. The fourth-order valence-corrected chi connectivity index (χ4v) is 2.14. The maximum absolute atomic E-state index is 11.8. The van der Waals surface area contributed by atoms with Gasteiger partial charge in [0, 0.05) is 24.7 Å². The van der Waals surface area contributed by atoms with Gasteiger partial charge in [-0.15, -0.1) is 0 Å². The molecule has 7 heteroatoms. The first-order chi connectivity index (χ1) is 11.0. The molecule has 0 aliphatic rings. The molecular weight excluding hydrogens is 298 g/mol. The molecule has 0 aliphatic heterocycles. The topological polar surface area (TPSA) is 97.4 Å². The van der Waals surface area contributed by atoms with Gasteiger partial charge < -0.3 is 15.1 Å². The number of nitro groups is 1. The molecule has 0 radical (unpaired) electrons. The average Bonchev–Trinajstić information content (AvgIpc) is 2.94. The molecule has 0 aliphatic carbocycles. The molecule has 0 unspecified atom stereocenters. The van der Waals surface area contributed by atoms with E-state index >= 15 is 0 Å². The SMILES string of the molecule is Cc1ccc(NCCCNC(=O)c2occc2C)c([N+](=O)[O-])c1. The molecule has 2 N–H and O–H groups in total. The summed E-state index contributed by atoms with van der Waals surface area (Å²) in [6.45, 7) is 4.58. The fraction of sp³-hybridized carbons (Fsp3) is 0.312. The van der Waals surface area contributed by atoms with Crippen LogP contribution in [-0.2, 0) is 0 Å². The smallest absolute Gasteiger partial charge is 0.292 e. The van der Waals surface area contributed by atoms with E-state index in [1.165, 1.54) is 12.3 Å². The number of nitrogens with one attached hydrogen (secondary N) is 2. The van der Waals surface area contributed by atoms with E-state index < -0.39 is 4.92 Å². The number of aryl methyl sites for hydroxylation is 2. The van der Waals surface area contributed by atoms with E-state index in [0.717, 1.165) is 11.1 Å². The summed E-state index contributed by atoms with van der Waals surface area (Å²) in [4.78, 5) is 22.4. The Labute approximate surface area is 133 Å². The van der Waals surface area contributed by atoms with Gasteiger partial charge in [-0.2, -0.15) is 0 Å². The standard InChI is InChI=1S/C16H19N3O4/c1-11-4-5-13(14(10-11)19(21)22)17-7-3-8-18-16(20)15-12(2)6-9-23-15/h4-6,9-10,17H,3,7-8H2,1-2H3,(H,18,20). The lowest BCUT2D eigenvalue weighted by Gasteiger charge is -2.08. The molecule has 0 spiro atoms. The van der Waals surface area contributed by atoms with Crippen LogP contribution in [0.25, 0.3) is 0 Å². The maximum Gasteiger partial charge on any atom is 0.292 e. The van der Waals surface area contributed by atoms with Gasteiger partial charge in [0.2, 0.25) is 0 Å². The molecule has 1 aromatic heterocycles. The monoisotopic (exact) mass is 317 g/mol. The first kappa shape index (κ1) is 16.5. The summed E-state index contributed by atoms with van der Waals surface area (Å²) in [7, 11) is 0. The van der Waals surface area contributed by atoms with Crippen LogP contribution in [0.15, 0.2) is 34.9 Å². The first-order valence-electron chi connectivity index (χ1n) is 7.30. The highest BCUT2D eigenvalue weighted by Crippen LogP contribution is 2.25. The highest BCUT2D eigenvalue weighted by atomic mass is 16.6. The van der Waals surface area contributed by atoms with Crippen LogP contribution in [0.3, 0.4) is 0 Å². The zero-order valence-corrected chi connectivity index (χ0v) is 13.1. The van der Waals surface area contributed by atoms with Gasteiger partial charge in [-0.3, -0.25) is 14.9 Å². The molecule has 0 saturated carbocycles. The van der Waals surface area contributed by atoms with Crippen LogP contribution in [0.5, 0.6) is 0 Å². The fourth-order valence-electron chi connectivity index (χ4n) is 2.14. The molecule has 7 nitrogen and oxygen atoms in total. The lowest BCUT2D eigenvalue weighted by Crippen LogP contribution is -2.26. The summed E-state index contributed by atoms with van der Waals surface area (Å²) in [6, 6.07) is 6.77. The van der Waals surface area contributed by atoms with Crippen LogP contribution in [0, 0.1) is 24.0 Å². The molecule has 122 valence electrons. The number of carbonyl (C=O) groups excluding carboxylic acids is 1. The van der Waals surface area contributed by atoms with Crippen LogP contribution < -0.4 is 10.6 Å². The molecule has 0 fully saturated rings. The molecule has 0 atom stereocenters. The number of furan rings is 1. The van der Waals surface area contributed by atoms with E-state index in [4.69, 9.17) is 4.42 Å². The van der Waals surface area contributed by atoms with Crippen LogP contribution >= 0.6 is 0 Å². The van der Waals surface area contributed by atoms with Crippen molar-refractivity contribution in [2.24, 2.45) is 0 Å². The Bertz CT molecular complexity index is 709. The van der Waals surface area contributed by atoms with Crippen molar-refractivity contribution in [3.05, 3.63) is 57.5 Å². The number of benzene rings is 1. The Morgan fingerprint density at radius 2 is 2.04 bits per heavy atom. The van der Waals surface area contributed by atoms with Gasteiger partial charge in [0.1, 0.15) is 5.69 Å². The highest BCUT2D eigenvalue weighted by Gasteiger charge is 2.13. The van der Waals surface area contributed by atoms with Crippen LogP contribution in [-0.4, -0.2) is 23.9 Å². The molecule has 23 heavy (non-hydrogen) atoms. The Hall–Kier alpha value is -2.83. The molecule has 1 heterocycles. The molecule has 0 bridgehead atoms. The second-order valence-corrected chi connectivity index (χ2v) is 5.25.